The molecule has 2 rings (SSSR count). The second-order valence-corrected chi connectivity index (χ2v) is 6.14. The van der Waals surface area contributed by atoms with Crippen molar-refractivity contribution in [3.8, 4) is 0 Å². The summed E-state index contributed by atoms with van der Waals surface area (Å²) in [6, 6.07) is 6.75. The monoisotopic (exact) mass is 289 g/mol. The van der Waals surface area contributed by atoms with Crippen molar-refractivity contribution in [2.45, 2.75) is 45.6 Å². The first-order valence-electron chi connectivity index (χ1n) is 7.64. The van der Waals surface area contributed by atoms with Crippen LogP contribution in [-0.2, 0) is 0 Å². The Morgan fingerprint density at radius 3 is 2.29 bits per heavy atom. The number of carbonyl (C=O) groups excluding carboxylic acids is 1. The van der Waals surface area contributed by atoms with E-state index >= 15 is 0 Å². The lowest BCUT2D eigenvalue weighted by Crippen LogP contribution is -2.41. The van der Waals surface area contributed by atoms with Crippen LogP contribution in [0.3, 0.4) is 0 Å². The maximum Gasteiger partial charge on any atom is 0.336 e. The number of benzene rings is 1. The number of hydrogen-bond acceptors (Lipinski definition) is 2. The molecule has 4 heteroatoms. The van der Waals surface area contributed by atoms with Gasteiger partial charge in [0.2, 0.25) is 0 Å². The lowest BCUT2D eigenvalue weighted by atomic mass is 10.0. The highest BCUT2D eigenvalue weighted by atomic mass is 16.4. The second-order valence-electron chi connectivity index (χ2n) is 6.14. The van der Waals surface area contributed by atoms with Gasteiger partial charge in [0, 0.05) is 12.6 Å². The zero-order valence-corrected chi connectivity index (χ0v) is 12.7. The van der Waals surface area contributed by atoms with Gasteiger partial charge in [-0.2, -0.15) is 0 Å². The lowest BCUT2D eigenvalue weighted by Gasteiger charge is -2.31. The zero-order valence-electron chi connectivity index (χ0n) is 12.7. The zero-order chi connectivity index (χ0) is 15.4. The van der Waals surface area contributed by atoms with E-state index in [-0.39, 0.29) is 17.5 Å². The van der Waals surface area contributed by atoms with Crippen molar-refractivity contribution in [2.24, 2.45) is 5.92 Å². The summed E-state index contributed by atoms with van der Waals surface area (Å²) < 4.78 is 0. The van der Waals surface area contributed by atoms with Gasteiger partial charge in [0.25, 0.3) is 5.91 Å². The number of aromatic carboxylic acids is 1. The average molecular weight is 289 g/mol. The fourth-order valence-corrected chi connectivity index (χ4v) is 3.02. The fourth-order valence-electron chi connectivity index (χ4n) is 3.02. The van der Waals surface area contributed by atoms with E-state index in [4.69, 9.17) is 0 Å². The molecule has 0 heterocycles. The molecule has 4 nitrogen and oxygen atoms in total. The van der Waals surface area contributed by atoms with Gasteiger partial charge in [-0.15, -0.1) is 0 Å². The highest BCUT2D eigenvalue weighted by Crippen LogP contribution is 2.26. The molecule has 0 atom stereocenters. The highest BCUT2D eigenvalue weighted by Gasteiger charge is 2.29. The third kappa shape index (κ3) is 3.63. The molecule has 0 bridgehead atoms. The number of rotatable bonds is 5. The summed E-state index contributed by atoms with van der Waals surface area (Å²) in [5.74, 6) is -0.824. The van der Waals surface area contributed by atoms with Crippen LogP contribution in [0.5, 0.6) is 0 Å². The molecule has 1 N–H and O–H groups in total. The molecule has 0 saturated heterocycles. The molecule has 0 unspecified atom stereocenters. The summed E-state index contributed by atoms with van der Waals surface area (Å²) >= 11 is 0. The van der Waals surface area contributed by atoms with Crippen LogP contribution in [-0.4, -0.2) is 34.5 Å². The largest absolute Gasteiger partial charge is 0.478 e. The topological polar surface area (TPSA) is 57.6 Å². The Hall–Kier alpha value is -1.84. The van der Waals surface area contributed by atoms with E-state index in [9.17, 15) is 14.7 Å². The van der Waals surface area contributed by atoms with Gasteiger partial charge in [-0.3, -0.25) is 4.79 Å². The van der Waals surface area contributed by atoms with Crippen LogP contribution >= 0.6 is 0 Å². The fraction of sp³-hybridized carbons (Fsp3) is 0.529. The van der Waals surface area contributed by atoms with Crippen molar-refractivity contribution in [1.82, 2.24) is 4.90 Å². The Morgan fingerprint density at radius 1 is 1.19 bits per heavy atom. The molecule has 1 saturated carbocycles. The molecule has 114 valence electrons. The first-order chi connectivity index (χ1) is 10.0. The van der Waals surface area contributed by atoms with Crippen LogP contribution in [0.2, 0.25) is 0 Å². The summed E-state index contributed by atoms with van der Waals surface area (Å²) in [5, 5.41) is 9.27. The summed E-state index contributed by atoms with van der Waals surface area (Å²) in [6.07, 6.45) is 4.33. The minimum Gasteiger partial charge on any atom is -0.478 e. The van der Waals surface area contributed by atoms with Crippen molar-refractivity contribution >= 4 is 11.9 Å². The number of carboxylic acids is 1. The van der Waals surface area contributed by atoms with E-state index in [1.54, 1.807) is 18.2 Å². The Kier molecular flexibility index (Phi) is 4.99. The molecule has 0 aliphatic heterocycles. The molecule has 1 aromatic carbocycles. The Morgan fingerprint density at radius 2 is 1.76 bits per heavy atom. The lowest BCUT2D eigenvalue weighted by molar-refractivity contribution is 0.0629. The normalized spacial score (nSPS) is 15.4. The first-order valence-corrected chi connectivity index (χ1v) is 7.64. The van der Waals surface area contributed by atoms with Gasteiger partial charge in [0.1, 0.15) is 0 Å². The number of hydrogen-bond donors (Lipinski definition) is 1. The Bertz CT molecular complexity index is 519. The molecule has 21 heavy (non-hydrogen) atoms. The minimum absolute atomic E-state index is 0.0919. The van der Waals surface area contributed by atoms with Gasteiger partial charge in [0.05, 0.1) is 11.1 Å². The van der Waals surface area contributed by atoms with Crippen molar-refractivity contribution in [3.05, 3.63) is 35.4 Å². The summed E-state index contributed by atoms with van der Waals surface area (Å²) in [7, 11) is 0. The maximum atomic E-state index is 12.9. The van der Waals surface area contributed by atoms with Crippen LogP contribution in [0, 0.1) is 5.92 Å². The van der Waals surface area contributed by atoms with Gasteiger partial charge in [-0.05, 0) is 30.9 Å². The molecule has 1 aliphatic carbocycles. The molecule has 0 aromatic heterocycles. The van der Waals surface area contributed by atoms with E-state index in [1.807, 2.05) is 4.90 Å². The van der Waals surface area contributed by atoms with E-state index in [0.717, 1.165) is 25.7 Å². The summed E-state index contributed by atoms with van der Waals surface area (Å²) in [4.78, 5) is 26.1. The first kappa shape index (κ1) is 15.5. The molecule has 1 fully saturated rings. The predicted octanol–water partition coefficient (Wildman–Crippen LogP) is 3.43. The number of nitrogens with zero attached hydrogens (tertiary/aromatic N) is 1. The summed E-state index contributed by atoms with van der Waals surface area (Å²) in [6.45, 7) is 4.84. The maximum absolute atomic E-state index is 12.9. The van der Waals surface area contributed by atoms with Gasteiger partial charge >= 0.3 is 5.97 Å². The van der Waals surface area contributed by atoms with E-state index < -0.39 is 5.97 Å². The van der Waals surface area contributed by atoms with Crippen LogP contribution in [0.15, 0.2) is 24.3 Å². The Balaban J connectivity index is 2.31. The van der Waals surface area contributed by atoms with Crippen LogP contribution in [0.25, 0.3) is 0 Å². The van der Waals surface area contributed by atoms with Crippen LogP contribution < -0.4 is 0 Å². The number of carboxylic acid groups (broad SMARTS) is 1. The third-order valence-electron chi connectivity index (χ3n) is 3.98. The molecule has 1 amide bonds. The third-order valence-corrected chi connectivity index (χ3v) is 3.98. The molecule has 0 spiro atoms. The molecular formula is C17H23NO3. The highest BCUT2D eigenvalue weighted by molar-refractivity contribution is 6.04. The predicted molar refractivity (Wildman–Crippen MR) is 81.5 cm³/mol. The minimum atomic E-state index is -1.05. The molecular weight excluding hydrogens is 266 g/mol. The Labute approximate surface area is 125 Å². The second kappa shape index (κ2) is 6.74. The number of amides is 1. The molecule has 1 aromatic rings. The van der Waals surface area contributed by atoms with Crippen LogP contribution in [0.1, 0.15) is 60.2 Å². The van der Waals surface area contributed by atoms with Gasteiger partial charge in [-0.25, -0.2) is 4.79 Å². The average Bonchev–Trinajstić information content (AvgIpc) is 2.97. The molecule has 0 radical (unpaired) electrons. The van der Waals surface area contributed by atoms with Crippen LogP contribution in [0.4, 0.5) is 0 Å². The SMILES string of the molecule is CC(C)CN(C(=O)c1ccccc1C(=O)O)C1CCCC1. The van der Waals surface area contributed by atoms with E-state index in [2.05, 4.69) is 13.8 Å². The van der Waals surface area contributed by atoms with Gasteiger partial charge < -0.3 is 10.0 Å². The van der Waals surface area contributed by atoms with Crippen molar-refractivity contribution in [1.29, 1.82) is 0 Å². The van der Waals surface area contributed by atoms with Gasteiger partial charge in [-0.1, -0.05) is 38.8 Å². The van der Waals surface area contributed by atoms with Crippen molar-refractivity contribution in [2.75, 3.05) is 6.54 Å². The van der Waals surface area contributed by atoms with Crippen molar-refractivity contribution in [3.63, 3.8) is 0 Å². The smallest absolute Gasteiger partial charge is 0.336 e. The number of carbonyl (C=O) groups is 2. The molecule has 1 aliphatic rings. The van der Waals surface area contributed by atoms with Crippen molar-refractivity contribution < 1.29 is 14.7 Å². The standard InChI is InChI=1S/C17H23NO3/c1-12(2)11-18(13-7-3-4-8-13)16(19)14-9-5-6-10-15(14)17(20)21/h5-6,9-10,12-13H,3-4,7-8,11H2,1-2H3,(H,20,21). The van der Waals surface area contributed by atoms with E-state index in [0.29, 0.717) is 18.0 Å². The van der Waals surface area contributed by atoms with Gasteiger partial charge in [0.15, 0.2) is 0 Å². The van der Waals surface area contributed by atoms with E-state index in [1.165, 1.54) is 6.07 Å². The summed E-state index contributed by atoms with van der Waals surface area (Å²) in [5.41, 5.74) is 0.395. The quantitative estimate of drug-likeness (QED) is 0.903.